The minimum Gasteiger partial charge on any atom is -0.496 e. The summed E-state index contributed by atoms with van der Waals surface area (Å²) >= 11 is 0. The average Bonchev–Trinajstić information content (AvgIpc) is 3.23. The largest absolute Gasteiger partial charge is 0.496 e. The van der Waals surface area contributed by atoms with Gasteiger partial charge in [0.1, 0.15) is 23.5 Å². The third-order valence-corrected chi connectivity index (χ3v) is 6.87. The lowest BCUT2D eigenvalue weighted by atomic mass is 10.0. The molecule has 0 N–H and O–H groups in total. The summed E-state index contributed by atoms with van der Waals surface area (Å²) in [6.07, 6.45) is 0.832. The Kier molecular flexibility index (Phi) is 5.84. The van der Waals surface area contributed by atoms with Crippen LogP contribution in [0.3, 0.4) is 0 Å². The number of fused-ring (bicyclic) bond motifs is 3. The Hall–Kier alpha value is -3.63. The Bertz CT molecular complexity index is 1410. The molecule has 2 aromatic heterocycles. The van der Waals surface area contributed by atoms with E-state index >= 15 is 0 Å². The predicted molar refractivity (Wildman–Crippen MR) is 132 cm³/mol. The summed E-state index contributed by atoms with van der Waals surface area (Å²) in [4.78, 5) is 9.57. The van der Waals surface area contributed by atoms with Crippen LogP contribution in [0.2, 0.25) is 0 Å². The van der Waals surface area contributed by atoms with Crippen LogP contribution in [-0.4, -0.2) is 47.6 Å². The van der Waals surface area contributed by atoms with Gasteiger partial charge >= 0.3 is 0 Å². The first-order valence-corrected chi connectivity index (χ1v) is 11.7. The molecule has 1 fully saturated rings. The highest BCUT2D eigenvalue weighted by molar-refractivity contribution is 5.86. The van der Waals surface area contributed by atoms with Crippen molar-refractivity contribution >= 4 is 22.5 Å². The highest BCUT2D eigenvalue weighted by Crippen LogP contribution is 2.34. The number of anilines is 1. The maximum Gasteiger partial charge on any atom is 0.157 e. The average molecular weight is 458 g/mol. The molecular weight excluding hydrogens is 429 g/mol. The first-order chi connectivity index (χ1) is 16.5. The fourth-order valence-corrected chi connectivity index (χ4v) is 5.15. The van der Waals surface area contributed by atoms with Gasteiger partial charge in [0.2, 0.25) is 0 Å². The van der Waals surface area contributed by atoms with E-state index in [0.717, 1.165) is 66.2 Å². The van der Waals surface area contributed by atoms with E-state index in [4.69, 9.17) is 9.72 Å². The van der Waals surface area contributed by atoms with Crippen LogP contribution in [0.4, 0.5) is 10.2 Å². The molecule has 5 rings (SSSR count). The Balaban J connectivity index is 1.51. The number of nitriles is 1. The SMILES string of the molecule is CCc1c(C)c(C#N)c2nc3ccccc3n2c1N1CCN(Cc2cc(F)ccc2OC)CC1. The van der Waals surface area contributed by atoms with E-state index in [1.54, 1.807) is 19.2 Å². The highest BCUT2D eigenvalue weighted by Gasteiger charge is 2.26. The van der Waals surface area contributed by atoms with Crippen LogP contribution in [0.5, 0.6) is 5.75 Å². The number of hydrogen-bond donors (Lipinski definition) is 0. The van der Waals surface area contributed by atoms with Gasteiger partial charge in [-0.3, -0.25) is 9.30 Å². The lowest BCUT2D eigenvalue weighted by molar-refractivity contribution is 0.245. The molecule has 7 heteroatoms. The minimum absolute atomic E-state index is 0.246. The number of aromatic nitrogens is 2. The Morgan fingerprint density at radius 3 is 2.59 bits per heavy atom. The van der Waals surface area contributed by atoms with Gasteiger partial charge in [-0.1, -0.05) is 19.1 Å². The van der Waals surface area contributed by atoms with E-state index in [1.807, 2.05) is 25.1 Å². The van der Waals surface area contributed by atoms with E-state index in [0.29, 0.717) is 17.9 Å². The zero-order valence-electron chi connectivity index (χ0n) is 19.8. The number of hydrogen-bond acceptors (Lipinski definition) is 5. The predicted octanol–water partition coefficient (Wildman–Crippen LogP) is 4.70. The highest BCUT2D eigenvalue weighted by atomic mass is 19.1. The molecule has 1 saturated heterocycles. The summed E-state index contributed by atoms with van der Waals surface area (Å²) in [5.74, 6) is 1.60. The number of rotatable bonds is 5. The van der Waals surface area contributed by atoms with Gasteiger partial charge in [-0.05, 0) is 54.8 Å². The normalized spacial score (nSPS) is 14.6. The van der Waals surface area contributed by atoms with Crippen molar-refractivity contribution < 1.29 is 9.13 Å². The molecule has 1 aliphatic heterocycles. The van der Waals surface area contributed by atoms with Gasteiger partial charge in [-0.2, -0.15) is 5.26 Å². The number of halogens is 1. The van der Waals surface area contributed by atoms with Gasteiger partial charge in [0, 0.05) is 38.3 Å². The second-order valence-corrected chi connectivity index (χ2v) is 8.75. The molecule has 2 aromatic carbocycles. The van der Waals surface area contributed by atoms with Crippen LogP contribution in [-0.2, 0) is 13.0 Å². The van der Waals surface area contributed by atoms with Crippen molar-refractivity contribution in [2.45, 2.75) is 26.8 Å². The molecule has 0 unspecified atom stereocenters. The van der Waals surface area contributed by atoms with Crippen molar-refractivity contribution in [3.05, 3.63) is 70.5 Å². The third kappa shape index (κ3) is 3.64. The summed E-state index contributed by atoms with van der Waals surface area (Å²) in [5.41, 5.74) is 6.34. The van der Waals surface area contributed by atoms with Gasteiger partial charge in [-0.15, -0.1) is 0 Å². The number of ether oxygens (including phenoxy) is 1. The molecule has 34 heavy (non-hydrogen) atoms. The molecular formula is C27H28FN5O. The molecule has 0 aliphatic carbocycles. The van der Waals surface area contributed by atoms with Crippen LogP contribution in [0.15, 0.2) is 42.5 Å². The first kappa shape index (κ1) is 22.2. The van der Waals surface area contributed by atoms with E-state index in [2.05, 4.69) is 33.3 Å². The van der Waals surface area contributed by atoms with Crippen LogP contribution < -0.4 is 9.64 Å². The summed E-state index contributed by atoms with van der Waals surface area (Å²) < 4.78 is 21.4. The summed E-state index contributed by atoms with van der Waals surface area (Å²) in [5, 5.41) is 9.94. The van der Waals surface area contributed by atoms with Crippen LogP contribution in [0.1, 0.15) is 29.2 Å². The number of methoxy groups -OCH3 is 1. The molecule has 0 spiro atoms. The van der Waals surface area contributed by atoms with Crippen LogP contribution in [0, 0.1) is 24.1 Å². The van der Waals surface area contributed by atoms with Crippen LogP contribution in [0.25, 0.3) is 16.7 Å². The van der Waals surface area contributed by atoms with Crippen molar-refractivity contribution in [3.63, 3.8) is 0 Å². The minimum atomic E-state index is -0.246. The first-order valence-electron chi connectivity index (χ1n) is 11.7. The van der Waals surface area contributed by atoms with Gasteiger partial charge in [0.25, 0.3) is 0 Å². The number of imidazole rings is 1. The quantitative estimate of drug-likeness (QED) is 0.435. The maximum atomic E-state index is 13.8. The molecule has 1 aliphatic rings. The fraction of sp³-hybridized carbons (Fsp3) is 0.333. The Labute approximate surface area is 198 Å². The fourth-order valence-electron chi connectivity index (χ4n) is 5.15. The van der Waals surface area contributed by atoms with Crippen molar-refractivity contribution in [1.82, 2.24) is 14.3 Å². The van der Waals surface area contributed by atoms with E-state index in [-0.39, 0.29) is 5.82 Å². The third-order valence-electron chi connectivity index (χ3n) is 6.87. The molecule has 0 amide bonds. The summed E-state index contributed by atoms with van der Waals surface area (Å²) in [6, 6.07) is 15.1. The van der Waals surface area contributed by atoms with Crippen molar-refractivity contribution in [3.8, 4) is 11.8 Å². The van der Waals surface area contributed by atoms with Gasteiger partial charge in [0.05, 0.1) is 23.7 Å². The van der Waals surface area contributed by atoms with Crippen LogP contribution >= 0.6 is 0 Å². The summed E-state index contributed by atoms with van der Waals surface area (Å²) in [6.45, 7) is 8.17. The number of piperazine rings is 1. The molecule has 3 heterocycles. The molecule has 0 bridgehead atoms. The monoisotopic (exact) mass is 457 g/mol. The molecule has 4 aromatic rings. The number of pyridine rings is 1. The molecule has 174 valence electrons. The second kappa shape index (κ2) is 8.96. The number of para-hydroxylation sites is 2. The molecule has 0 saturated carbocycles. The molecule has 0 atom stereocenters. The lowest BCUT2D eigenvalue weighted by Crippen LogP contribution is -2.47. The number of benzene rings is 2. The second-order valence-electron chi connectivity index (χ2n) is 8.75. The maximum absolute atomic E-state index is 13.8. The Morgan fingerprint density at radius 2 is 1.88 bits per heavy atom. The van der Waals surface area contributed by atoms with Crippen molar-refractivity contribution in [1.29, 1.82) is 5.26 Å². The van der Waals surface area contributed by atoms with E-state index < -0.39 is 0 Å². The van der Waals surface area contributed by atoms with E-state index in [9.17, 15) is 9.65 Å². The van der Waals surface area contributed by atoms with Gasteiger partial charge in [-0.25, -0.2) is 9.37 Å². The van der Waals surface area contributed by atoms with Crippen molar-refractivity contribution in [2.75, 3.05) is 38.2 Å². The van der Waals surface area contributed by atoms with E-state index in [1.165, 1.54) is 11.6 Å². The molecule has 0 radical (unpaired) electrons. The smallest absolute Gasteiger partial charge is 0.157 e. The Morgan fingerprint density at radius 1 is 1.12 bits per heavy atom. The zero-order chi connectivity index (χ0) is 23.8. The standard InChI is InChI=1S/C27H28FN5O/c1-4-21-18(2)22(16-29)26-30-23-7-5-6-8-24(23)33(26)27(21)32-13-11-31(12-14-32)17-19-15-20(28)9-10-25(19)34-3/h5-10,15H,4,11-14,17H2,1-3H3. The zero-order valence-corrected chi connectivity index (χ0v) is 19.8. The number of nitrogens with zero attached hydrogens (tertiary/aromatic N) is 5. The van der Waals surface area contributed by atoms with Gasteiger partial charge < -0.3 is 9.64 Å². The molecule has 6 nitrogen and oxygen atoms in total. The van der Waals surface area contributed by atoms with Gasteiger partial charge in [0.15, 0.2) is 5.65 Å². The topological polar surface area (TPSA) is 56.8 Å². The summed E-state index contributed by atoms with van der Waals surface area (Å²) in [7, 11) is 1.62. The lowest BCUT2D eigenvalue weighted by Gasteiger charge is -2.38. The van der Waals surface area contributed by atoms with Crippen molar-refractivity contribution in [2.24, 2.45) is 0 Å².